The third kappa shape index (κ3) is 6.60. The summed E-state index contributed by atoms with van der Waals surface area (Å²) in [5.74, 6) is 0.958. The zero-order valence-electron chi connectivity index (χ0n) is 21.0. The van der Waals surface area contributed by atoms with Crippen LogP contribution in [0.4, 0.5) is 17.5 Å². The molecule has 4 aromatic rings. The highest BCUT2D eigenvalue weighted by Crippen LogP contribution is 2.28. The van der Waals surface area contributed by atoms with Crippen molar-refractivity contribution in [3.05, 3.63) is 90.6 Å². The molecule has 4 N–H and O–H groups in total. The van der Waals surface area contributed by atoms with E-state index in [4.69, 9.17) is 0 Å². The van der Waals surface area contributed by atoms with Gasteiger partial charge in [0, 0.05) is 37.1 Å². The van der Waals surface area contributed by atoms with E-state index in [-0.39, 0.29) is 22.9 Å². The lowest BCUT2D eigenvalue weighted by atomic mass is 10.0. The Bertz CT molecular complexity index is 1660. The first-order chi connectivity index (χ1) is 18.8. The summed E-state index contributed by atoms with van der Waals surface area (Å²) in [6.07, 6.45) is 2.81. The molecule has 0 unspecified atom stereocenters. The molecule has 12 heteroatoms. The monoisotopic (exact) mass is 564 g/mol. The quantitative estimate of drug-likeness (QED) is 0.279. The van der Waals surface area contributed by atoms with Crippen molar-refractivity contribution in [2.75, 3.05) is 30.3 Å². The number of anilines is 3. The Labute approximate surface area is 228 Å². The molecule has 3 aromatic carbocycles. The van der Waals surface area contributed by atoms with Gasteiger partial charge in [-0.25, -0.2) is 31.3 Å². The summed E-state index contributed by atoms with van der Waals surface area (Å²) in [4.78, 5) is 9.51. The number of benzene rings is 3. The Balaban J connectivity index is 1.31. The van der Waals surface area contributed by atoms with Crippen molar-refractivity contribution >= 4 is 37.5 Å². The number of nitrogens with one attached hydrogen (secondary N) is 4. The van der Waals surface area contributed by atoms with Gasteiger partial charge in [-0.1, -0.05) is 48.5 Å². The highest BCUT2D eigenvalue weighted by molar-refractivity contribution is 7.89. The minimum atomic E-state index is -3.62. The molecule has 202 valence electrons. The van der Waals surface area contributed by atoms with E-state index in [0.717, 1.165) is 16.7 Å². The zero-order valence-corrected chi connectivity index (χ0v) is 22.6. The molecule has 0 radical (unpaired) electrons. The van der Waals surface area contributed by atoms with Gasteiger partial charge in [-0.2, -0.15) is 4.98 Å². The minimum Gasteiger partial charge on any atom is -0.369 e. The summed E-state index contributed by atoms with van der Waals surface area (Å²) in [5.41, 5.74) is 3.22. The number of fused-ring (bicyclic) bond motifs is 4. The second kappa shape index (κ2) is 11.5. The van der Waals surface area contributed by atoms with Crippen LogP contribution >= 0.6 is 0 Å². The smallest absolute Gasteiger partial charge is 0.240 e. The second-order valence-electron chi connectivity index (χ2n) is 8.94. The van der Waals surface area contributed by atoms with Gasteiger partial charge in [0.1, 0.15) is 5.82 Å². The number of nitrogens with zero attached hydrogens (tertiary/aromatic N) is 2. The van der Waals surface area contributed by atoms with Crippen molar-refractivity contribution in [3.8, 4) is 11.1 Å². The van der Waals surface area contributed by atoms with Crippen LogP contribution in [0.15, 0.2) is 94.9 Å². The van der Waals surface area contributed by atoms with Crippen LogP contribution < -0.4 is 20.1 Å². The van der Waals surface area contributed by atoms with Gasteiger partial charge in [-0.05, 0) is 54.3 Å². The lowest BCUT2D eigenvalue weighted by Gasteiger charge is -2.13. The summed E-state index contributed by atoms with van der Waals surface area (Å²) in [5, 5.41) is 6.39. The molecule has 0 saturated heterocycles. The normalized spacial score (nSPS) is 15.1. The van der Waals surface area contributed by atoms with Gasteiger partial charge in [-0.3, -0.25) is 0 Å². The number of hydrogen-bond donors (Lipinski definition) is 4. The van der Waals surface area contributed by atoms with E-state index in [9.17, 15) is 16.8 Å². The minimum absolute atomic E-state index is 0.171. The van der Waals surface area contributed by atoms with E-state index in [1.54, 1.807) is 60.8 Å². The fourth-order valence-electron chi connectivity index (χ4n) is 4.11. The third-order valence-corrected chi connectivity index (χ3v) is 9.09. The lowest BCUT2D eigenvalue weighted by molar-refractivity contribution is 0.579. The predicted molar refractivity (Wildman–Crippen MR) is 151 cm³/mol. The molecule has 0 amide bonds. The zero-order chi connectivity index (χ0) is 27.3. The topological polar surface area (TPSA) is 142 Å². The molecule has 2 heterocycles. The van der Waals surface area contributed by atoms with E-state index >= 15 is 0 Å². The maximum Gasteiger partial charge on any atom is 0.240 e. The molecule has 0 atom stereocenters. The molecule has 0 fully saturated rings. The SMILES string of the molecule is O=S1(=O)NCCCNc2nc(ncc2-c2ccc(CCNS(=O)(=O)c3ccccc3)cc2)Nc2cccc1c2. The average Bonchev–Trinajstić information content (AvgIpc) is 2.94. The molecule has 1 aliphatic heterocycles. The maximum absolute atomic E-state index is 12.6. The Morgan fingerprint density at radius 2 is 1.72 bits per heavy atom. The molecule has 1 aromatic heterocycles. The van der Waals surface area contributed by atoms with Crippen LogP contribution in [-0.4, -0.2) is 46.4 Å². The van der Waals surface area contributed by atoms with Gasteiger partial charge in [0.05, 0.1) is 9.79 Å². The van der Waals surface area contributed by atoms with Gasteiger partial charge < -0.3 is 10.6 Å². The van der Waals surface area contributed by atoms with Gasteiger partial charge in [0.15, 0.2) is 0 Å². The predicted octanol–water partition coefficient (Wildman–Crippen LogP) is 3.50. The van der Waals surface area contributed by atoms with Gasteiger partial charge >= 0.3 is 0 Å². The maximum atomic E-state index is 12.6. The molecule has 0 saturated carbocycles. The van der Waals surface area contributed by atoms with Crippen LogP contribution in [0.25, 0.3) is 11.1 Å². The van der Waals surface area contributed by atoms with E-state index in [0.29, 0.717) is 36.8 Å². The second-order valence-corrected chi connectivity index (χ2v) is 12.5. The van der Waals surface area contributed by atoms with Crippen LogP contribution in [0, 0.1) is 0 Å². The highest BCUT2D eigenvalue weighted by Gasteiger charge is 2.16. The van der Waals surface area contributed by atoms with Gasteiger partial charge in [-0.15, -0.1) is 0 Å². The summed E-state index contributed by atoms with van der Waals surface area (Å²) in [6.45, 7) is 1.06. The first kappa shape index (κ1) is 26.8. The summed E-state index contributed by atoms with van der Waals surface area (Å²) in [7, 11) is -7.17. The fraction of sp³-hybridized carbons (Fsp3) is 0.185. The lowest BCUT2D eigenvalue weighted by Crippen LogP contribution is -2.26. The number of sulfonamides is 2. The Hall–Kier alpha value is -3.84. The summed E-state index contributed by atoms with van der Waals surface area (Å²) < 4.78 is 55.3. The van der Waals surface area contributed by atoms with Crippen molar-refractivity contribution in [1.82, 2.24) is 19.4 Å². The molecule has 1 aliphatic rings. The first-order valence-electron chi connectivity index (χ1n) is 12.4. The third-order valence-electron chi connectivity index (χ3n) is 6.15. The Morgan fingerprint density at radius 1 is 0.923 bits per heavy atom. The molecular weight excluding hydrogens is 536 g/mol. The number of hydrogen-bond acceptors (Lipinski definition) is 8. The van der Waals surface area contributed by atoms with E-state index in [1.165, 1.54) is 0 Å². The van der Waals surface area contributed by atoms with Crippen LogP contribution in [0.3, 0.4) is 0 Å². The molecule has 10 nitrogen and oxygen atoms in total. The van der Waals surface area contributed by atoms with Crippen molar-refractivity contribution in [2.45, 2.75) is 22.6 Å². The van der Waals surface area contributed by atoms with Crippen LogP contribution in [0.1, 0.15) is 12.0 Å². The van der Waals surface area contributed by atoms with E-state index in [2.05, 4.69) is 30.0 Å². The molecule has 0 aliphatic carbocycles. The van der Waals surface area contributed by atoms with E-state index < -0.39 is 20.0 Å². The molecule has 5 rings (SSSR count). The molecular formula is C27H28N6O4S2. The van der Waals surface area contributed by atoms with Crippen LogP contribution in [-0.2, 0) is 26.5 Å². The Kier molecular flexibility index (Phi) is 7.89. The summed E-state index contributed by atoms with van der Waals surface area (Å²) >= 11 is 0. The highest BCUT2D eigenvalue weighted by atomic mass is 32.2. The number of aromatic nitrogens is 2. The summed E-state index contributed by atoms with van der Waals surface area (Å²) in [6, 6.07) is 22.6. The molecule has 39 heavy (non-hydrogen) atoms. The fourth-order valence-corrected chi connectivity index (χ4v) is 6.28. The van der Waals surface area contributed by atoms with Gasteiger partial charge in [0.25, 0.3) is 0 Å². The standard InChI is InChI=1S/C27H28N6O4S2/c34-38(35,23-7-2-1-3-8-23)31-17-14-20-10-12-21(13-11-20)25-19-29-27-32-22-6-4-9-24(18-22)39(36,37)30-16-5-15-28-26(25)33-27/h1-4,6-13,18-19,30-31H,5,14-17H2,(H2,28,29,32,33). The van der Waals surface area contributed by atoms with Crippen molar-refractivity contribution in [2.24, 2.45) is 0 Å². The average molecular weight is 565 g/mol. The van der Waals surface area contributed by atoms with Crippen LogP contribution in [0.2, 0.25) is 0 Å². The molecule has 0 spiro atoms. The Morgan fingerprint density at radius 3 is 2.51 bits per heavy atom. The number of rotatable bonds is 6. The van der Waals surface area contributed by atoms with Crippen molar-refractivity contribution in [3.63, 3.8) is 0 Å². The molecule has 4 bridgehead atoms. The van der Waals surface area contributed by atoms with Crippen LogP contribution in [0.5, 0.6) is 0 Å². The first-order valence-corrected chi connectivity index (χ1v) is 15.4. The van der Waals surface area contributed by atoms with Gasteiger partial charge in [0.2, 0.25) is 26.0 Å². The van der Waals surface area contributed by atoms with Crippen molar-refractivity contribution < 1.29 is 16.8 Å². The largest absolute Gasteiger partial charge is 0.369 e. The van der Waals surface area contributed by atoms with Crippen molar-refractivity contribution in [1.29, 1.82) is 0 Å². The van der Waals surface area contributed by atoms with E-state index in [1.807, 2.05) is 24.3 Å².